The Labute approximate surface area is 168 Å². The van der Waals surface area contributed by atoms with E-state index in [-0.39, 0.29) is 22.4 Å². The van der Waals surface area contributed by atoms with Crippen molar-refractivity contribution >= 4 is 21.4 Å². The molecular weight excluding hydrogens is 390 g/mol. The number of hydrogen-bond acceptors (Lipinski definition) is 6. The Bertz CT molecular complexity index is 1170. The predicted octanol–water partition coefficient (Wildman–Crippen LogP) is 3.10. The van der Waals surface area contributed by atoms with Crippen molar-refractivity contribution < 1.29 is 18.6 Å². The summed E-state index contributed by atoms with van der Waals surface area (Å²) >= 11 is 0. The summed E-state index contributed by atoms with van der Waals surface area (Å²) in [6, 6.07) is 19.8. The van der Waals surface area contributed by atoms with Gasteiger partial charge in [0.05, 0.1) is 22.3 Å². The number of primary sulfonamides is 1. The molecule has 1 aliphatic heterocycles. The van der Waals surface area contributed by atoms with Gasteiger partial charge in [-0.25, -0.2) is 13.6 Å². The summed E-state index contributed by atoms with van der Waals surface area (Å²) in [5.41, 5.74) is 3.23. The van der Waals surface area contributed by atoms with Gasteiger partial charge in [0, 0.05) is 12.0 Å². The Morgan fingerprint density at radius 2 is 1.62 bits per heavy atom. The van der Waals surface area contributed by atoms with Crippen LogP contribution in [0.15, 0.2) is 82.8 Å². The maximum absolute atomic E-state index is 11.5. The highest BCUT2D eigenvalue weighted by molar-refractivity contribution is 7.89. The number of phenols is 2. The van der Waals surface area contributed by atoms with Crippen molar-refractivity contribution in [2.45, 2.75) is 17.4 Å². The quantitative estimate of drug-likeness (QED) is 0.612. The largest absolute Gasteiger partial charge is 0.508 e. The maximum Gasteiger partial charge on any atom is 0.238 e. The highest BCUT2D eigenvalue weighted by atomic mass is 32.2. The lowest BCUT2D eigenvalue weighted by Gasteiger charge is -2.24. The Kier molecular flexibility index (Phi) is 4.73. The zero-order chi connectivity index (χ0) is 20.6. The van der Waals surface area contributed by atoms with Crippen LogP contribution in [0.25, 0.3) is 0 Å². The van der Waals surface area contributed by atoms with Crippen LogP contribution in [0, 0.1) is 0 Å². The molecule has 7 nitrogen and oxygen atoms in total. The van der Waals surface area contributed by atoms with Crippen LogP contribution in [-0.2, 0) is 10.0 Å². The van der Waals surface area contributed by atoms with Crippen molar-refractivity contribution in [2.24, 2.45) is 10.2 Å². The molecule has 8 heteroatoms. The number of hydrogen-bond donors (Lipinski definition) is 3. The Morgan fingerprint density at radius 3 is 2.24 bits per heavy atom. The maximum atomic E-state index is 11.5. The summed E-state index contributed by atoms with van der Waals surface area (Å²) in [6.45, 7) is 0. The van der Waals surface area contributed by atoms with E-state index in [0.717, 1.165) is 16.8 Å². The van der Waals surface area contributed by atoms with E-state index in [0.29, 0.717) is 12.1 Å². The number of rotatable bonds is 4. The fraction of sp³-hybridized carbons (Fsp3) is 0.0952. The van der Waals surface area contributed by atoms with Gasteiger partial charge in [0.25, 0.3) is 0 Å². The summed E-state index contributed by atoms with van der Waals surface area (Å²) < 4.78 is 23.1. The van der Waals surface area contributed by atoms with Crippen LogP contribution >= 0.6 is 0 Å². The zero-order valence-electron chi connectivity index (χ0n) is 15.3. The number of benzene rings is 3. The van der Waals surface area contributed by atoms with E-state index < -0.39 is 10.0 Å². The van der Waals surface area contributed by atoms with E-state index in [1.165, 1.54) is 12.1 Å². The summed E-state index contributed by atoms with van der Waals surface area (Å²) in [6.07, 6.45) is 0.575. The number of sulfonamides is 1. The van der Waals surface area contributed by atoms with E-state index in [9.17, 15) is 18.6 Å². The molecule has 1 aliphatic rings. The lowest BCUT2D eigenvalue weighted by atomic mass is 9.98. The second kappa shape index (κ2) is 7.23. The smallest absolute Gasteiger partial charge is 0.238 e. The number of anilines is 1. The third-order valence-corrected chi connectivity index (χ3v) is 5.73. The number of aromatic hydroxyl groups is 2. The molecule has 0 amide bonds. The molecule has 1 heterocycles. The third kappa shape index (κ3) is 3.94. The molecule has 0 aliphatic carbocycles. The first-order valence-electron chi connectivity index (χ1n) is 8.89. The van der Waals surface area contributed by atoms with E-state index in [2.05, 4.69) is 0 Å². The van der Waals surface area contributed by atoms with Gasteiger partial charge in [-0.05, 0) is 54.1 Å². The van der Waals surface area contributed by atoms with Crippen LogP contribution in [-0.4, -0.2) is 24.3 Å². The van der Waals surface area contributed by atoms with E-state index in [1.807, 2.05) is 18.2 Å². The molecule has 0 unspecified atom stereocenters. The molecule has 29 heavy (non-hydrogen) atoms. The van der Waals surface area contributed by atoms with Crippen LogP contribution < -0.4 is 10.1 Å². The standard InChI is InChI=1S/C21H19N3O4S/c22-29(27,28)19-10-6-16(7-11-19)24-21(14-4-8-17(25)9-5-14)13-20(23-24)15-2-1-3-18(26)12-15/h1-12,21,25-26H,13H2,(H2,22,27,28)/t21-/m0/s1. The van der Waals surface area contributed by atoms with Crippen molar-refractivity contribution in [2.75, 3.05) is 5.01 Å². The summed E-state index contributed by atoms with van der Waals surface area (Å²) in [5, 5.41) is 31.2. The topological polar surface area (TPSA) is 116 Å². The van der Waals surface area contributed by atoms with Crippen LogP contribution in [0.2, 0.25) is 0 Å². The molecule has 0 bridgehead atoms. The van der Waals surface area contributed by atoms with Gasteiger partial charge in [-0.1, -0.05) is 24.3 Å². The average Bonchev–Trinajstić information content (AvgIpc) is 3.13. The van der Waals surface area contributed by atoms with Gasteiger partial charge < -0.3 is 10.2 Å². The van der Waals surface area contributed by atoms with Crippen LogP contribution in [0.4, 0.5) is 5.69 Å². The number of phenolic OH excluding ortho intramolecular Hbond substituents is 2. The van der Waals surface area contributed by atoms with Crippen molar-refractivity contribution in [3.63, 3.8) is 0 Å². The normalized spacial score (nSPS) is 16.7. The second-order valence-electron chi connectivity index (χ2n) is 6.79. The van der Waals surface area contributed by atoms with E-state index >= 15 is 0 Å². The highest BCUT2D eigenvalue weighted by Crippen LogP contribution is 2.37. The molecule has 3 aromatic carbocycles. The van der Waals surface area contributed by atoms with E-state index in [4.69, 9.17) is 10.2 Å². The molecule has 0 saturated heterocycles. The fourth-order valence-corrected chi connectivity index (χ4v) is 3.87. The van der Waals surface area contributed by atoms with E-state index in [1.54, 1.807) is 47.5 Å². The molecule has 0 radical (unpaired) electrons. The molecule has 4 rings (SSSR count). The summed E-state index contributed by atoms with van der Waals surface area (Å²) in [4.78, 5) is 0.0267. The summed E-state index contributed by atoms with van der Waals surface area (Å²) in [5.74, 6) is 0.326. The first-order valence-corrected chi connectivity index (χ1v) is 10.4. The highest BCUT2D eigenvalue weighted by Gasteiger charge is 2.30. The number of nitrogens with zero attached hydrogens (tertiary/aromatic N) is 2. The summed E-state index contributed by atoms with van der Waals surface area (Å²) in [7, 11) is -3.78. The van der Waals surface area contributed by atoms with Crippen molar-refractivity contribution in [1.82, 2.24) is 0 Å². The fourth-order valence-electron chi connectivity index (χ4n) is 3.35. The number of nitrogens with two attached hydrogens (primary N) is 1. The molecule has 0 spiro atoms. The van der Waals surface area contributed by atoms with Crippen LogP contribution in [0.1, 0.15) is 23.6 Å². The van der Waals surface area contributed by atoms with Gasteiger partial charge in [0.15, 0.2) is 0 Å². The van der Waals surface area contributed by atoms with Crippen LogP contribution in [0.3, 0.4) is 0 Å². The van der Waals surface area contributed by atoms with Crippen molar-refractivity contribution in [1.29, 1.82) is 0 Å². The molecule has 1 atom stereocenters. The van der Waals surface area contributed by atoms with Crippen molar-refractivity contribution in [3.8, 4) is 11.5 Å². The molecule has 0 aromatic heterocycles. The van der Waals surface area contributed by atoms with Gasteiger partial charge in [-0.15, -0.1) is 0 Å². The lowest BCUT2D eigenvalue weighted by molar-refractivity contribution is 0.474. The Hall–Kier alpha value is -3.36. The van der Waals surface area contributed by atoms with Crippen LogP contribution in [0.5, 0.6) is 11.5 Å². The molecule has 3 aromatic rings. The molecule has 4 N–H and O–H groups in total. The SMILES string of the molecule is NS(=O)(=O)c1ccc(N2N=C(c3cccc(O)c3)C[C@H]2c2ccc(O)cc2)cc1. The monoisotopic (exact) mass is 409 g/mol. The predicted molar refractivity (Wildman–Crippen MR) is 110 cm³/mol. The molecule has 148 valence electrons. The first-order chi connectivity index (χ1) is 13.8. The third-order valence-electron chi connectivity index (χ3n) is 4.80. The minimum absolute atomic E-state index is 0.0267. The molecular formula is C21H19N3O4S. The van der Waals surface area contributed by atoms with Gasteiger partial charge in [-0.2, -0.15) is 5.10 Å². The molecule has 0 saturated carbocycles. The first kappa shape index (κ1) is 19.0. The van der Waals surface area contributed by atoms with Gasteiger partial charge >= 0.3 is 0 Å². The average molecular weight is 409 g/mol. The Morgan fingerprint density at radius 1 is 0.931 bits per heavy atom. The minimum Gasteiger partial charge on any atom is -0.508 e. The second-order valence-corrected chi connectivity index (χ2v) is 8.35. The van der Waals surface area contributed by atoms with Crippen molar-refractivity contribution in [3.05, 3.63) is 83.9 Å². The van der Waals surface area contributed by atoms with Gasteiger partial charge in [-0.3, -0.25) is 5.01 Å². The lowest BCUT2D eigenvalue weighted by Crippen LogP contribution is -2.19. The minimum atomic E-state index is -3.78. The zero-order valence-corrected chi connectivity index (χ0v) is 16.1. The van der Waals surface area contributed by atoms with Gasteiger partial charge in [0.1, 0.15) is 11.5 Å². The number of hydrazone groups is 1. The molecule has 0 fully saturated rings. The Balaban J connectivity index is 1.75. The van der Waals surface area contributed by atoms with Gasteiger partial charge in [0.2, 0.25) is 10.0 Å².